The number of benzene rings is 2. The zero-order valence-corrected chi connectivity index (χ0v) is 21.4. The molecule has 0 N–H and O–H groups in total. The second kappa shape index (κ2) is 11.8. The van der Waals surface area contributed by atoms with Crippen LogP contribution in [0.2, 0.25) is 0 Å². The van der Waals surface area contributed by atoms with E-state index in [-0.39, 0.29) is 11.9 Å². The molecule has 1 aliphatic rings. The molecular formula is C27H36N4O2S. The highest BCUT2D eigenvalue weighted by molar-refractivity contribution is 7.20. The van der Waals surface area contributed by atoms with Crippen LogP contribution in [0.1, 0.15) is 32.8 Å². The van der Waals surface area contributed by atoms with Crippen LogP contribution in [0.3, 0.4) is 0 Å². The number of piperazine rings is 1. The van der Waals surface area contributed by atoms with Crippen molar-refractivity contribution in [3.05, 3.63) is 54.1 Å². The maximum atomic E-state index is 13.0. The Balaban J connectivity index is 1.36. The highest BCUT2D eigenvalue weighted by atomic mass is 32.1. The minimum atomic E-state index is 0.0973. The molecule has 0 aliphatic carbocycles. The van der Waals surface area contributed by atoms with Crippen molar-refractivity contribution in [1.82, 2.24) is 14.8 Å². The average molecular weight is 481 g/mol. The number of hydrogen-bond acceptors (Lipinski definition) is 6. The smallest absolute Gasteiger partial charge is 0.274 e. The summed E-state index contributed by atoms with van der Waals surface area (Å²) in [4.78, 5) is 24.5. The van der Waals surface area contributed by atoms with Gasteiger partial charge in [0.15, 0.2) is 0 Å². The van der Waals surface area contributed by atoms with Crippen LogP contribution in [0.25, 0.3) is 10.2 Å². The summed E-state index contributed by atoms with van der Waals surface area (Å²) in [5, 5.41) is 0.682. The van der Waals surface area contributed by atoms with Crippen LogP contribution < -0.4 is 9.64 Å². The van der Waals surface area contributed by atoms with Gasteiger partial charge in [-0.05, 0) is 44.0 Å². The molecule has 0 bridgehead atoms. The van der Waals surface area contributed by atoms with Crippen molar-refractivity contribution < 1.29 is 9.53 Å². The summed E-state index contributed by atoms with van der Waals surface area (Å²) in [6.45, 7) is 12.9. The van der Waals surface area contributed by atoms with Crippen molar-refractivity contribution in [3.8, 4) is 5.19 Å². The van der Waals surface area contributed by atoms with Crippen LogP contribution in [0, 0.1) is 0 Å². The lowest BCUT2D eigenvalue weighted by Crippen LogP contribution is -2.52. The lowest BCUT2D eigenvalue weighted by atomic mass is 10.1. The number of fused-ring (bicyclic) bond motifs is 1. The van der Waals surface area contributed by atoms with Gasteiger partial charge in [0, 0.05) is 57.4 Å². The first-order chi connectivity index (χ1) is 16.6. The second-order valence-corrected chi connectivity index (χ2v) is 9.90. The van der Waals surface area contributed by atoms with E-state index in [1.807, 2.05) is 30.9 Å². The molecule has 1 fully saturated rings. The summed E-state index contributed by atoms with van der Waals surface area (Å²) >= 11 is 1.54. The van der Waals surface area contributed by atoms with Crippen LogP contribution in [0.15, 0.2) is 48.5 Å². The molecule has 182 valence electrons. The van der Waals surface area contributed by atoms with Gasteiger partial charge in [-0.2, -0.15) is 0 Å². The molecule has 4 rings (SSSR count). The van der Waals surface area contributed by atoms with E-state index < -0.39 is 0 Å². The van der Waals surface area contributed by atoms with E-state index in [2.05, 4.69) is 58.1 Å². The van der Waals surface area contributed by atoms with Crippen molar-refractivity contribution in [2.24, 2.45) is 0 Å². The molecule has 1 aliphatic heterocycles. The number of carbonyl (C=O) groups excluding carboxylic acids is 1. The van der Waals surface area contributed by atoms with Gasteiger partial charge in [0.05, 0.1) is 16.8 Å². The van der Waals surface area contributed by atoms with Gasteiger partial charge in [-0.1, -0.05) is 48.6 Å². The summed E-state index contributed by atoms with van der Waals surface area (Å²) in [5.41, 5.74) is 3.26. The molecular weight excluding hydrogens is 444 g/mol. The lowest BCUT2D eigenvalue weighted by molar-refractivity contribution is -0.118. The highest BCUT2D eigenvalue weighted by Gasteiger charge is 2.25. The van der Waals surface area contributed by atoms with Crippen molar-refractivity contribution in [1.29, 1.82) is 0 Å². The maximum Gasteiger partial charge on any atom is 0.274 e. The largest absolute Gasteiger partial charge is 0.470 e. The number of aromatic nitrogens is 1. The van der Waals surface area contributed by atoms with Crippen LogP contribution in [-0.2, 0) is 11.2 Å². The fourth-order valence-electron chi connectivity index (χ4n) is 4.62. The monoisotopic (exact) mass is 480 g/mol. The van der Waals surface area contributed by atoms with Gasteiger partial charge in [0.1, 0.15) is 0 Å². The molecule has 3 aromatic rings. The van der Waals surface area contributed by atoms with Crippen LogP contribution >= 0.6 is 11.3 Å². The predicted molar refractivity (Wildman–Crippen MR) is 141 cm³/mol. The van der Waals surface area contributed by atoms with Gasteiger partial charge >= 0.3 is 0 Å². The standard InChI is InChI=1S/C27H36N4O2S/c1-4-26(32)31(23-11-12-24-25(19-23)34-27(28-24)33-5-2)21(3)20-30-17-15-29(16-18-30)14-13-22-9-7-6-8-10-22/h6-12,19,21H,4-5,13-18,20H2,1-3H3. The molecule has 1 unspecified atom stereocenters. The minimum absolute atomic E-state index is 0.0973. The van der Waals surface area contributed by atoms with E-state index in [1.165, 1.54) is 16.9 Å². The van der Waals surface area contributed by atoms with Crippen LogP contribution in [0.5, 0.6) is 5.19 Å². The van der Waals surface area contributed by atoms with E-state index in [9.17, 15) is 4.79 Å². The summed E-state index contributed by atoms with van der Waals surface area (Å²) in [6.07, 6.45) is 1.59. The summed E-state index contributed by atoms with van der Waals surface area (Å²) in [5.74, 6) is 0.155. The Morgan fingerprint density at radius 2 is 1.82 bits per heavy atom. The molecule has 2 aromatic carbocycles. The molecule has 34 heavy (non-hydrogen) atoms. The third-order valence-corrected chi connectivity index (χ3v) is 7.39. The number of carbonyl (C=O) groups is 1. The molecule has 1 atom stereocenters. The fourth-order valence-corrected chi connectivity index (χ4v) is 5.53. The normalized spacial score (nSPS) is 16.0. The Labute approximate surface area is 207 Å². The Morgan fingerprint density at radius 3 is 2.53 bits per heavy atom. The Bertz CT molecular complexity index is 1060. The maximum absolute atomic E-state index is 13.0. The first kappa shape index (κ1) is 24.6. The lowest BCUT2D eigenvalue weighted by Gasteiger charge is -2.38. The van der Waals surface area contributed by atoms with Gasteiger partial charge in [-0.25, -0.2) is 4.98 Å². The van der Waals surface area contributed by atoms with E-state index in [0.29, 0.717) is 18.2 Å². The van der Waals surface area contributed by atoms with Gasteiger partial charge in [-0.3, -0.25) is 9.69 Å². The van der Waals surface area contributed by atoms with Gasteiger partial charge in [0.2, 0.25) is 5.91 Å². The minimum Gasteiger partial charge on any atom is -0.470 e. The zero-order valence-electron chi connectivity index (χ0n) is 20.6. The highest BCUT2D eigenvalue weighted by Crippen LogP contribution is 2.32. The van der Waals surface area contributed by atoms with Crippen LogP contribution in [-0.4, -0.2) is 72.6 Å². The third-order valence-electron chi connectivity index (χ3n) is 6.46. The number of anilines is 1. The molecule has 0 radical (unpaired) electrons. The molecule has 7 heteroatoms. The molecule has 1 saturated heterocycles. The number of ether oxygens (including phenoxy) is 1. The second-order valence-electron chi connectivity index (χ2n) is 8.91. The van der Waals surface area contributed by atoms with Gasteiger partial charge in [-0.15, -0.1) is 0 Å². The summed E-state index contributed by atoms with van der Waals surface area (Å²) in [6, 6.07) is 16.9. The van der Waals surface area contributed by atoms with E-state index >= 15 is 0 Å². The number of amides is 1. The fraction of sp³-hybridized carbons (Fsp3) is 0.481. The summed E-state index contributed by atoms with van der Waals surface area (Å²) < 4.78 is 6.63. The van der Waals surface area contributed by atoms with Gasteiger partial charge in [0.25, 0.3) is 5.19 Å². The molecule has 6 nitrogen and oxygen atoms in total. The Hall–Kier alpha value is -2.48. The molecule has 0 spiro atoms. The molecule has 1 amide bonds. The van der Waals surface area contributed by atoms with Crippen molar-refractivity contribution in [2.45, 2.75) is 39.7 Å². The topological polar surface area (TPSA) is 48.9 Å². The number of hydrogen-bond donors (Lipinski definition) is 0. The van der Waals surface area contributed by atoms with Crippen molar-refractivity contribution >= 4 is 33.1 Å². The van der Waals surface area contributed by atoms with Crippen molar-refractivity contribution in [2.75, 3.05) is 50.8 Å². The predicted octanol–water partition coefficient (Wildman–Crippen LogP) is 4.69. The Kier molecular flexibility index (Phi) is 8.53. The quantitative estimate of drug-likeness (QED) is 0.421. The molecule has 0 saturated carbocycles. The first-order valence-corrected chi connectivity index (χ1v) is 13.2. The van der Waals surface area contributed by atoms with Gasteiger partial charge < -0.3 is 14.5 Å². The molecule has 1 aromatic heterocycles. The number of nitrogens with zero attached hydrogens (tertiary/aromatic N) is 4. The van der Waals surface area contributed by atoms with Crippen LogP contribution in [0.4, 0.5) is 5.69 Å². The average Bonchev–Trinajstić information content (AvgIpc) is 3.26. The SMILES string of the molecule is CCOc1nc2ccc(N(C(=O)CC)C(C)CN3CCN(CCc4ccccc4)CC3)cc2s1. The van der Waals surface area contributed by atoms with E-state index in [4.69, 9.17) is 4.74 Å². The molecule has 2 heterocycles. The number of thiazole rings is 1. The zero-order chi connectivity index (χ0) is 23.9. The third kappa shape index (κ3) is 6.14. The number of rotatable bonds is 10. The van der Waals surface area contributed by atoms with Crippen molar-refractivity contribution in [3.63, 3.8) is 0 Å². The Morgan fingerprint density at radius 1 is 1.09 bits per heavy atom. The summed E-state index contributed by atoms with van der Waals surface area (Å²) in [7, 11) is 0. The van der Waals surface area contributed by atoms with E-state index in [0.717, 1.165) is 61.6 Å². The first-order valence-electron chi connectivity index (χ1n) is 12.4. The van der Waals surface area contributed by atoms with E-state index in [1.54, 1.807) is 0 Å².